The lowest BCUT2D eigenvalue weighted by atomic mass is 10.2. The Morgan fingerprint density at radius 1 is 0.862 bits per heavy atom. The van der Waals surface area contributed by atoms with E-state index < -0.39 is 10.0 Å². The van der Waals surface area contributed by atoms with Crippen LogP contribution in [-0.2, 0) is 10.0 Å². The average Bonchev–Trinajstić information content (AvgIpc) is 2.80. The monoisotopic (exact) mass is 412 g/mol. The van der Waals surface area contributed by atoms with E-state index in [0.29, 0.717) is 18.7 Å². The highest BCUT2D eigenvalue weighted by molar-refractivity contribution is 7.89. The minimum absolute atomic E-state index is 0.263. The molecule has 4 heterocycles. The molecule has 2 fully saturated rings. The maximum Gasteiger partial charge on any atom is 0.244 e. The maximum absolute atomic E-state index is 12.8. The molecule has 0 N–H and O–H groups in total. The summed E-state index contributed by atoms with van der Waals surface area (Å²) in [6.45, 7) is 4.21. The number of nitriles is 1. The van der Waals surface area contributed by atoms with Gasteiger partial charge in [0.15, 0.2) is 0 Å². The first-order chi connectivity index (χ1) is 14.1. The van der Waals surface area contributed by atoms with Gasteiger partial charge in [0.25, 0.3) is 0 Å². The summed E-state index contributed by atoms with van der Waals surface area (Å²) < 4.78 is 27.1. The van der Waals surface area contributed by atoms with Gasteiger partial charge in [0.1, 0.15) is 16.5 Å². The SMILES string of the molecule is N#Cc1ccnc(N2CCN(c3ccc(S(=O)(=O)N4CCCCC4)cn3)CC2)c1. The third kappa shape index (κ3) is 4.18. The molecule has 2 aliphatic heterocycles. The van der Waals surface area contributed by atoms with Crippen molar-refractivity contribution in [3.8, 4) is 6.07 Å². The highest BCUT2D eigenvalue weighted by Crippen LogP contribution is 2.23. The third-order valence-corrected chi connectivity index (χ3v) is 7.36. The molecule has 0 atom stereocenters. The molecule has 0 spiro atoms. The van der Waals surface area contributed by atoms with Crippen molar-refractivity contribution >= 4 is 21.7 Å². The Morgan fingerprint density at radius 2 is 1.55 bits per heavy atom. The fourth-order valence-corrected chi connectivity index (χ4v) is 5.25. The quantitative estimate of drug-likeness (QED) is 0.756. The first-order valence-electron chi connectivity index (χ1n) is 9.90. The minimum atomic E-state index is -3.45. The Morgan fingerprint density at radius 3 is 2.17 bits per heavy atom. The summed E-state index contributed by atoms with van der Waals surface area (Å²) >= 11 is 0. The van der Waals surface area contributed by atoms with Crippen LogP contribution < -0.4 is 9.80 Å². The van der Waals surface area contributed by atoms with E-state index in [1.165, 1.54) is 6.20 Å². The van der Waals surface area contributed by atoms with Gasteiger partial charge in [0.2, 0.25) is 10.0 Å². The summed E-state index contributed by atoms with van der Waals surface area (Å²) in [6, 6.07) is 9.10. The maximum atomic E-state index is 12.8. The Labute approximate surface area is 171 Å². The van der Waals surface area contributed by atoms with E-state index in [1.807, 2.05) is 0 Å². The van der Waals surface area contributed by atoms with E-state index in [9.17, 15) is 8.42 Å². The zero-order valence-corrected chi connectivity index (χ0v) is 17.1. The van der Waals surface area contributed by atoms with Crippen LogP contribution in [-0.4, -0.2) is 62.0 Å². The smallest absolute Gasteiger partial charge is 0.244 e. The van der Waals surface area contributed by atoms with E-state index in [4.69, 9.17) is 5.26 Å². The van der Waals surface area contributed by atoms with Crippen molar-refractivity contribution in [1.82, 2.24) is 14.3 Å². The number of rotatable bonds is 4. The molecule has 2 aromatic heterocycles. The molecule has 2 aliphatic rings. The molecule has 9 heteroatoms. The number of hydrogen-bond donors (Lipinski definition) is 0. The summed E-state index contributed by atoms with van der Waals surface area (Å²) in [6.07, 6.45) is 6.06. The van der Waals surface area contributed by atoms with Crippen molar-refractivity contribution in [2.24, 2.45) is 0 Å². The molecule has 0 amide bonds. The molecule has 29 heavy (non-hydrogen) atoms. The predicted molar refractivity (Wildman–Crippen MR) is 110 cm³/mol. The summed E-state index contributed by atoms with van der Waals surface area (Å²) in [5.74, 6) is 1.58. The molecule has 0 saturated carbocycles. The fraction of sp³-hybridized carbons (Fsp3) is 0.450. The molecule has 4 rings (SSSR count). The van der Waals surface area contributed by atoms with Gasteiger partial charge in [-0.3, -0.25) is 0 Å². The topological polar surface area (TPSA) is 93.4 Å². The lowest BCUT2D eigenvalue weighted by molar-refractivity contribution is 0.346. The number of aromatic nitrogens is 2. The summed E-state index contributed by atoms with van der Waals surface area (Å²) in [5.41, 5.74) is 0.601. The van der Waals surface area contributed by atoms with Gasteiger partial charge in [-0.1, -0.05) is 6.42 Å². The second-order valence-electron chi connectivity index (χ2n) is 7.31. The largest absolute Gasteiger partial charge is 0.353 e. The van der Waals surface area contributed by atoms with Crippen molar-refractivity contribution in [3.05, 3.63) is 42.2 Å². The average molecular weight is 413 g/mol. The van der Waals surface area contributed by atoms with E-state index >= 15 is 0 Å². The number of nitrogens with zero attached hydrogens (tertiary/aromatic N) is 6. The number of piperidine rings is 1. The van der Waals surface area contributed by atoms with Gasteiger partial charge in [0, 0.05) is 51.7 Å². The molecule has 0 bridgehead atoms. The van der Waals surface area contributed by atoms with E-state index in [0.717, 1.165) is 57.1 Å². The Hall–Kier alpha value is -2.70. The van der Waals surface area contributed by atoms with Crippen molar-refractivity contribution < 1.29 is 8.42 Å². The summed E-state index contributed by atoms with van der Waals surface area (Å²) in [4.78, 5) is 13.3. The Balaban J connectivity index is 1.41. The number of anilines is 2. The Bertz CT molecular complexity index is 988. The summed E-state index contributed by atoms with van der Waals surface area (Å²) in [5, 5.41) is 9.06. The van der Waals surface area contributed by atoms with Gasteiger partial charge in [-0.25, -0.2) is 18.4 Å². The summed E-state index contributed by atoms with van der Waals surface area (Å²) in [7, 11) is -3.45. The van der Waals surface area contributed by atoms with Gasteiger partial charge in [-0.2, -0.15) is 9.57 Å². The minimum Gasteiger partial charge on any atom is -0.353 e. The molecule has 8 nitrogen and oxygen atoms in total. The van der Waals surface area contributed by atoms with Crippen molar-refractivity contribution in [2.75, 3.05) is 49.1 Å². The van der Waals surface area contributed by atoms with Gasteiger partial charge in [-0.15, -0.1) is 0 Å². The molecule has 0 aromatic carbocycles. The van der Waals surface area contributed by atoms with Crippen molar-refractivity contribution in [2.45, 2.75) is 24.2 Å². The van der Waals surface area contributed by atoms with Crippen LogP contribution in [0.2, 0.25) is 0 Å². The normalized spacial score (nSPS) is 18.4. The lowest BCUT2D eigenvalue weighted by Gasteiger charge is -2.36. The van der Waals surface area contributed by atoms with E-state index in [2.05, 4.69) is 25.8 Å². The number of pyridine rings is 2. The van der Waals surface area contributed by atoms with E-state index in [1.54, 1.807) is 34.8 Å². The molecule has 2 aromatic rings. The second-order valence-corrected chi connectivity index (χ2v) is 9.24. The predicted octanol–water partition coefficient (Wildman–Crippen LogP) is 1.85. The zero-order valence-electron chi connectivity index (χ0n) is 16.2. The van der Waals surface area contributed by atoms with Crippen LogP contribution in [0.4, 0.5) is 11.6 Å². The third-order valence-electron chi connectivity index (χ3n) is 5.48. The highest BCUT2D eigenvalue weighted by Gasteiger charge is 2.27. The zero-order chi connectivity index (χ0) is 20.3. The molecule has 0 unspecified atom stereocenters. The number of sulfonamides is 1. The van der Waals surface area contributed by atoms with Crippen LogP contribution in [0.25, 0.3) is 0 Å². The molecule has 0 aliphatic carbocycles. The fourth-order valence-electron chi connectivity index (χ4n) is 3.79. The number of hydrogen-bond acceptors (Lipinski definition) is 7. The van der Waals surface area contributed by atoms with Gasteiger partial charge < -0.3 is 9.80 Å². The second kappa shape index (κ2) is 8.35. The van der Waals surface area contributed by atoms with Gasteiger partial charge >= 0.3 is 0 Å². The van der Waals surface area contributed by atoms with Crippen LogP contribution in [0, 0.1) is 11.3 Å². The van der Waals surface area contributed by atoms with Crippen molar-refractivity contribution in [3.63, 3.8) is 0 Å². The van der Waals surface area contributed by atoms with Crippen LogP contribution >= 0.6 is 0 Å². The molecule has 0 radical (unpaired) electrons. The van der Waals surface area contributed by atoms with E-state index in [-0.39, 0.29) is 4.90 Å². The Kier molecular flexibility index (Phi) is 5.65. The van der Waals surface area contributed by atoms with Crippen LogP contribution in [0.5, 0.6) is 0 Å². The number of piperazine rings is 1. The van der Waals surface area contributed by atoms with Crippen LogP contribution in [0.3, 0.4) is 0 Å². The first kappa shape index (κ1) is 19.6. The van der Waals surface area contributed by atoms with Crippen LogP contribution in [0.1, 0.15) is 24.8 Å². The van der Waals surface area contributed by atoms with Crippen LogP contribution in [0.15, 0.2) is 41.6 Å². The molecule has 2 saturated heterocycles. The standard InChI is InChI=1S/C20H24N6O2S/c21-15-17-6-7-22-20(14-17)25-12-10-24(11-13-25)19-5-4-18(16-23-19)29(27,28)26-8-2-1-3-9-26/h4-7,14,16H,1-3,8-13H2. The molecular weight excluding hydrogens is 388 g/mol. The highest BCUT2D eigenvalue weighted by atomic mass is 32.2. The van der Waals surface area contributed by atoms with Crippen molar-refractivity contribution in [1.29, 1.82) is 5.26 Å². The molecular formula is C20H24N6O2S. The van der Waals surface area contributed by atoms with Gasteiger partial charge in [-0.05, 0) is 37.1 Å². The molecule has 152 valence electrons. The lowest BCUT2D eigenvalue weighted by Crippen LogP contribution is -2.47. The van der Waals surface area contributed by atoms with Gasteiger partial charge in [0.05, 0.1) is 11.6 Å². The first-order valence-corrected chi connectivity index (χ1v) is 11.3.